The Morgan fingerprint density at radius 1 is 1.17 bits per heavy atom. The molecule has 1 aliphatic heterocycles. The second-order valence-corrected chi connectivity index (χ2v) is 7.27. The van der Waals surface area contributed by atoms with Crippen molar-refractivity contribution in [3.8, 4) is 0 Å². The van der Waals surface area contributed by atoms with E-state index < -0.39 is 0 Å². The largest absolute Gasteiger partial charge is 0.301 e. The van der Waals surface area contributed by atoms with E-state index in [1.165, 1.54) is 42.3 Å². The molecule has 0 amide bonds. The van der Waals surface area contributed by atoms with Crippen LogP contribution in [0.2, 0.25) is 0 Å². The van der Waals surface area contributed by atoms with Gasteiger partial charge in [0.15, 0.2) is 0 Å². The maximum atomic E-state index is 4.68. The van der Waals surface area contributed by atoms with E-state index in [0.717, 1.165) is 32.5 Å². The number of rotatable bonds is 7. The van der Waals surface area contributed by atoms with Gasteiger partial charge in [-0.1, -0.05) is 6.92 Å². The van der Waals surface area contributed by atoms with E-state index in [1.807, 2.05) is 17.9 Å². The van der Waals surface area contributed by atoms with Crippen LogP contribution >= 0.6 is 11.3 Å². The van der Waals surface area contributed by atoms with Crippen LogP contribution in [0.4, 0.5) is 0 Å². The maximum Gasteiger partial charge on any atom is 0.0926 e. The highest BCUT2D eigenvalue weighted by Gasteiger charge is 2.17. The zero-order valence-electron chi connectivity index (χ0n) is 14.2. The van der Waals surface area contributed by atoms with Crippen LogP contribution < -0.4 is 0 Å². The van der Waals surface area contributed by atoms with Gasteiger partial charge in [-0.3, -0.25) is 9.58 Å². The van der Waals surface area contributed by atoms with Gasteiger partial charge in [-0.2, -0.15) is 5.10 Å². The first-order valence-electron chi connectivity index (χ1n) is 8.58. The molecule has 2 aromatic rings. The Labute approximate surface area is 142 Å². The molecule has 0 spiro atoms. The van der Waals surface area contributed by atoms with Crippen LogP contribution in [0.1, 0.15) is 29.6 Å². The fourth-order valence-electron chi connectivity index (χ4n) is 3.09. The second kappa shape index (κ2) is 8.04. The molecular weight excluding hydrogens is 306 g/mol. The fourth-order valence-corrected chi connectivity index (χ4v) is 3.83. The Balaban J connectivity index is 1.35. The van der Waals surface area contributed by atoms with Crippen LogP contribution in [0.5, 0.6) is 0 Å². The predicted octanol–water partition coefficient (Wildman–Crippen LogP) is 2.19. The summed E-state index contributed by atoms with van der Waals surface area (Å²) in [6, 6.07) is 0. The smallest absolute Gasteiger partial charge is 0.0926 e. The van der Waals surface area contributed by atoms with Gasteiger partial charge in [0.1, 0.15) is 0 Å². The minimum absolute atomic E-state index is 1.01. The number of piperazine rings is 1. The third-order valence-corrected chi connectivity index (χ3v) is 5.49. The molecule has 3 rings (SSSR count). The lowest BCUT2D eigenvalue weighted by Crippen LogP contribution is -2.46. The summed E-state index contributed by atoms with van der Waals surface area (Å²) in [5.74, 6) is 0. The number of thiazole rings is 1. The molecule has 0 aliphatic carbocycles. The van der Waals surface area contributed by atoms with Crippen molar-refractivity contribution in [2.75, 3.05) is 32.7 Å². The first kappa shape index (κ1) is 16.6. The third kappa shape index (κ3) is 4.86. The highest BCUT2D eigenvalue weighted by Crippen LogP contribution is 2.14. The van der Waals surface area contributed by atoms with Gasteiger partial charge >= 0.3 is 0 Å². The first-order chi connectivity index (χ1) is 11.2. The number of aromatic nitrogens is 3. The summed E-state index contributed by atoms with van der Waals surface area (Å²) in [4.78, 5) is 9.80. The number of nitrogens with zero attached hydrogens (tertiary/aromatic N) is 5. The fraction of sp³-hybridized carbons (Fsp3) is 0.647. The summed E-state index contributed by atoms with van der Waals surface area (Å²) in [6.07, 6.45) is 7.51. The lowest BCUT2D eigenvalue weighted by molar-refractivity contribution is 0.125. The van der Waals surface area contributed by atoms with Crippen molar-refractivity contribution in [2.45, 2.75) is 32.7 Å². The van der Waals surface area contributed by atoms with Gasteiger partial charge in [0.2, 0.25) is 0 Å². The topological polar surface area (TPSA) is 37.2 Å². The van der Waals surface area contributed by atoms with E-state index in [0.29, 0.717) is 0 Å². The average molecular weight is 334 g/mol. The predicted molar refractivity (Wildman–Crippen MR) is 94.7 cm³/mol. The van der Waals surface area contributed by atoms with Crippen molar-refractivity contribution in [2.24, 2.45) is 7.05 Å². The molecule has 126 valence electrons. The molecule has 1 aliphatic rings. The molecule has 0 atom stereocenters. The van der Waals surface area contributed by atoms with Gasteiger partial charge in [0.05, 0.1) is 16.9 Å². The summed E-state index contributed by atoms with van der Waals surface area (Å²) in [6.45, 7) is 9.06. The molecule has 0 unspecified atom stereocenters. The highest BCUT2D eigenvalue weighted by atomic mass is 32.1. The summed E-state index contributed by atoms with van der Waals surface area (Å²) in [7, 11) is 1.98. The standard InChI is InChI=1S/C17H27N5S/c1-3-17-19-16(14-23-17)13-22-9-7-21(8-10-22)6-4-5-15-11-18-20(2)12-15/h11-12,14H,3-10,13H2,1-2H3. The van der Waals surface area contributed by atoms with Crippen molar-refractivity contribution in [1.82, 2.24) is 24.6 Å². The van der Waals surface area contributed by atoms with Crippen LogP contribution in [0.3, 0.4) is 0 Å². The summed E-state index contributed by atoms with van der Waals surface area (Å²) in [5, 5.41) is 7.71. The molecule has 3 heterocycles. The molecule has 0 N–H and O–H groups in total. The number of aryl methyl sites for hydroxylation is 3. The molecule has 0 bridgehead atoms. The molecule has 1 saturated heterocycles. The van der Waals surface area contributed by atoms with Crippen molar-refractivity contribution in [3.63, 3.8) is 0 Å². The van der Waals surface area contributed by atoms with Gasteiger partial charge in [-0.15, -0.1) is 11.3 Å². The molecule has 5 nitrogen and oxygen atoms in total. The zero-order chi connectivity index (χ0) is 16.1. The molecule has 2 aromatic heterocycles. The Morgan fingerprint density at radius 2 is 1.96 bits per heavy atom. The molecule has 0 saturated carbocycles. The molecular formula is C17H27N5S. The molecule has 0 radical (unpaired) electrons. The van der Waals surface area contributed by atoms with E-state index in [1.54, 1.807) is 11.3 Å². The van der Waals surface area contributed by atoms with E-state index in [-0.39, 0.29) is 0 Å². The van der Waals surface area contributed by atoms with Crippen LogP contribution in [0.25, 0.3) is 0 Å². The second-order valence-electron chi connectivity index (χ2n) is 6.33. The summed E-state index contributed by atoms with van der Waals surface area (Å²) >= 11 is 1.79. The molecule has 6 heteroatoms. The minimum atomic E-state index is 1.01. The van der Waals surface area contributed by atoms with Gasteiger partial charge in [0, 0.05) is 51.3 Å². The monoisotopic (exact) mass is 333 g/mol. The molecule has 1 fully saturated rings. The van der Waals surface area contributed by atoms with Gasteiger partial charge in [0.25, 0.3) is 0 Å². The minimum Gasteiger partial charge on any atom is -0.301 e. The van der Waals surface area contributed by atoms with Gasteiger partial charge in [-0.05, 0) is 31.4 Å². The lowest BCUT2D eigenvalue weighted by atomic mass is 10.2. The lowest BCUT2D eigenvalue weighted by Gasteiger charge is -2.34. The highest BCUT2D eigenvalue weighted by molar-refractivity contribution is 7.09. The Kier molecular flexibility index (Phi) is 5.80. The summed E-state index contributed by atoms with van der Waals surface area (Å²) in [5.41, 5.74) is 2.60. The maximum absolute atomic E-state index is 4.68. The van der Waals surface area contributed by atoms with Crippen molar-refractivity contribution in [1.29, 1.82) is 0 Å². The van der Waals surface area contributed by atoms with Crippen LogP contribution in [-0.2, 0) is 26.4 Å². The van der Waals surface area contributed by atoms with E-state index >= 15 is 0 Å². The van der Waals surface area contributed by atoms with E-state index in [4.69, 9.17) is 0 Å². The zero-order valence-corrected chi connectivity index (χ0v) is 15.1. The van der Waals surface area contributed by atoms with Gasteiger partial charge in [-0.25, -0.2) is 4.98 Å². The van der Waals surface area contributed by atoms with Crippen molar-refractivity contribution < 1.29 is 0 Å². The molecule has 23 heavy (non-hydrogen) atoms. The SMILES string of the molecule is CCc1nc(CN2CCN(CCCc3cnn(C)c3)CC2)cs1. The summed E-state index contributed by atoms with van der Waals surface area (Å²) < 4.78 is 1.89. The number of hydrogen-bond acceptors (Lipinski definition) is 5. The molecule has 0 aromatic carbocycles. The number of hydrogen-bond donors (Lipinski definition) is 0. The van der Waals surface area contributed by atoms with E-state index in [9.17, 15) is 0 Å². The Morgan fingerprint density at radius 3 is 2.61 bits per heavy atom. The Hall–Kier alpha value is -1.24. The quantitative estimate of drug-likeness (QED) is 0.778. The van der Waals surface area contributed by atoms with Crippen LogP contribution in [0.15, 0.2) is 17.8 Å². The Bertz CT molecular complexity index is 598. The third-order valence-electron chi connectivity index (χ3n) is 4.45. The van der Waals surface area contributed by atoms with Crippen molar-refractivity contribution >= 4 is 11.3 Å². The first-order valence-corrected chi connectivity index (χ1v) is 9.46. The van der Waals surface area contributed by atoms with Crippen LogP contribution in [0, 0.1) is 0 Å². The van der Waals surface area contributed by atoms with E-state index in [2.05, 4.69) is 38.4 Å². The average Bonchev–Trinajstić information content (AvgIpc) is 3.18. The normalized spacial score (nSPS) is 17.0. The van der Waals surface area contributed by atoms with Gasteiger partial charge < -0.3 is 4.90 Å². The van der Waals surface area contributed by atoms with Crippen LogP contribution in [-0.4, -0.2) is 57.3 Å². The van der Waals surface area contributed by atoms with Crippen molar-refractivity contribution in [3.05, 3.63) is 34.0 Å².